The van der Waals surface area contributed by atoms with E-state index in [9.17, 15) is 23.1 Å². The second-order valence-electron chi connectivity index (χ2n) is 7.35. The lowest BCUT2D eigenvalue weighted by Gasteiger charge is -2.27. The lowest BCUT2D eigenvalue weighted by atomic mass is 9.82. The van der Waals surface area contributed by atoms with Crippen molar-refractivity contribution in [3.05, 3.63) is 46.7 Å². The zero-order chi connectivity index (χ0) is 21.2. The van der Waals surface area contributed by atoms with E-state index in [4.69, 9.17) is 4.74 Å². The number of halogens is 3. The summed E-state index contributed by atoms with van der Waals surface area (Å²) in [4.78, 5) is 12.0. The SMILES string of the molecule is CCOC(=O)C1=C(C(F)(F)F)N(c2cccc(C3=C(CO)CCC(C)C3)c2)NC1. The van der Waals surface area contributed by atoms with Crippen LogP contribution in [0.2, 0.25) is 0 Å². The van der Waals surface area contributed by atoms with Crippen LogP contribution in [-0.4, -0.2) is 37.0 Å². The van der Waals surface area contributed by atoms with Gasteiger partial charge in [-0.05, 0) is 60.9 Å². The van der Waals surface area contributed by atoms with E-state index in [0.29, 0.717) is 5.92 Å². The summed E-state index contributed by atoms with van der Waals surface area (Å²) >= 11 is 0. The first-order chi connectivity index (χ1) is 13.8. The highest BCUT2D eigenvalue weighted by Crippen LogP contribution is 2.39. The van der Waals surface area contributed by atoms with Crippen LogP contribution in [0, 0.1) is 5.92 Å². The first kappa shape index (κ1) is 21.4. The van der Waals surface area contributed by atoms with Gasteiger partial charge in [-0.2, -0.15) is 13.2 Å². The second kappa shape index (κ2) is 8.59. The minimum atomic E-state index is -4.73. The van der Waals surface area contributed by atoms with E-state index in [1.54, 1.807) is 25.1 Å². The Balaban J connectivity index is 2.02. The zero-order valence-electron chi connectivity index (χ0n) is 16.5. The normalized spacial score (nSPS) is 20.5. The summed E-state index contributed by atoms with van der Waals surface area (Å²) in [7, 11) is 0. The van der Waals surface area contributed by atoms with Gasteiger partial charge >= 0.3 is 12.1 Å². The molecule has 2 N–H and O–H groups in total. The van der Waals surface area contributed by atoms with Gasteiger partial charge in [-0.3, -0.25) is 5.01 Å². The van der Waals surface area contributed by atoms with Gasteiger partial charge < -0.3 is 9.84 Å². The Morgan fingerprint density at radius 2 is 2.14 bits per heavy atom. The Labute approximate surface area is 167 Å². The van der Waals surface area contributed by atoms with Crippen molar-refractivity contribution in [2.45, 2.75) is 39.3 Å². The van der Waals surface area contributed by atoms with Crippen molar-refractivity contribution in [3.8, 4) is 0 Å². The first-order valence-electron chi connectivity index (χ1n) is 9.69. The Bertz CT molecular complexity index is 846. The summed E-state index contributed by atoms with van der Waals surface area (Å²) in [6.45, 7) is 3.34. The molecule has 158 valence electrons. The van der Waals surface area contributed by atoms with Crippen molar-refractivity contribution in [1.82, 2.24) is 5.43 Å². The van der Waals surface area contributed by atoms with Crippen LogP contribution in [0.5, 0.6) is 0 Å². The number of anilines is 1. The predicted molar refractivity (Wildman–Crippen MR) is 104 cm³/mol. The third-order valence-corrected chi connectivity index (χ3v) is 5.28. The lowest BCUT2D eigenvalue weighted by molar-refractivity contribution is -0.139. The number of benzene rings is 1. The van der Waals surface area contributed by atoms with Crippen molar-refractivity contribution in [2.75, 3.05) is 24.8 Å². The Morgan fingerprint density at radius 3 is 2.79 bits per heavy atom. The quantitative estimate of drug-likeness (QED) is 0.720. The highest BCUT2D eigenvalue weighted by atomic mass is 19.4. The maximum atomic E-state index is 13.8. The zero-order valence-corrected chi connectivity index (χ0v) is 16.5. The van der Waals surface area contributed by atoms with Crippen molar-refractivity contribution in [2.24, 2.45) is 5.92 Å². The predicted octanol–water partition coefficient (Wildman–Crippen LogP) is 3.96. The molecule has 8 heteroatoms. The van der Waals surface area contributed by atoms with E-state index in [1.165, 1.54) is 0 Å². The molecule has 0 spiro atoms. The summed E-state index contributed by atoms with van der Waals surface area (Å²) in [5.41, 5.74) is 4.13. The maximum absolute atomic E-state index is 13.8. The number of carbonyl (C=O) groups excluding carboxylic acids is 1. The summed E-state index contributed by atoms with van der Waals surface area (Å²) in [6, 6.07) is 6.74. The number of allylic oxidation sites excluding steroid dienone is 2. The highest BCUT2D eigenvalue weighted by Gasteiger charge is 2.46. The number of alkyl halides is 3. The van der Waals surface area contributed by atoms with Crippen LogP contribution in [0.15, 0.2) is 41.1 Å². The molecular weight excluding hydrogens is 385 g/mol. The van der Waals surface area contributed by atoms with Crippen molar-refractivity contribution < 1.29 is 27.8 Å². The van der Waals surface area contributed by atoms with E-state index >= 15 is 0 Å². The number of nitrogens with one attached hydrogen (secondary N) is 1. The van der Waals surface area contributed by atoms with Crippen LogP contribution in [0.3, 0.4) is 0 Å². The largest absolute Gasteiger partial charge is 0.463 e. The Morgan fingerprint density at radius 1 is 1.38 bits per heavy atom. The average molecular weight is 410 g/mol. The number of nitrogens with zero attached hydrogens (tertiary/aromatic N) is 1. The summed E-state index contributed by atoms with van der Waals surface area (Å²) < 4.78 is 46.1. The number of hydrogen-bond acceptors (Lipinski definition) is 5. The van der Waals surface area contributed by atoms with E-state index in [0.717, 1.165) is 41.0 Å². The molecule has 0 amide bonds. The van der Waals surface area contributed by atoms with Gasteiger partial charge in [0.25, 0.3) is 0 Å². The van der Waals surface area contributed by atoms with Crippen molar-refractivity contribution in [3.63, 3.8) is 0 Å². The number of carbonyl (C=O) groups is 1. The molecule has 1 aliphatic heterocycles. The fraction of sp³-hybridized carbons (Fsp3) is 0.476. The lowest BCUT2D eigenvalue weighted by Crippen LogP contribution is -2.37. The van der Waals surface area contributed by atoms with Gasteiger partial charge in [-0.25, -0.2) is 10.2 Å². The molecule has 1 unspecified atom stereocenters. The number of hydrazine groups is 1. The smallest absolute Gasteiger partial charge is 0.433 e. The molecule has 0 aromatic heterocycles. The molecule has 0 saturated carbocycles. The number of esters is 1. The minimum absolute atomic E-state index is 0.000763. The topological polar surface area (TPSA) is 61.8 Å². The molecule has 1 atom stereocenters. The van der Waals surface area contributed by atoms with Gasteiger partial charge in [-0.1, -0.05) is 19.1 Å². The molecule has 3 rings (SSSR count). The van der Waals surface area contributed by atoms with E-state index in [2.05, 4.69) is 12.3 Å². The summed E-state index contributed by atoms with van der Waals surface area (Å²) in [6.07, 6.45) is -2.20. The van der Waals surface area contributed by atoms with Gasteiger partial charge in [0.1, 0.15) is 0 Å². The fourth-order valence-electron chi connectivity index (χ4n) is 3.86. The molecule has 5 nitrogen and oxygen atoms in total. The average Bonchev–Trinajstić information content (AvgIpc) is 3.14. The molecule has 0 bridgehead atoms. The Hall–Kier alpha value is -2.32. The standard InChI is InChI=1S/C21H25F3N2O3/c1-3-29-20(28)18-11-25-26(19(18)21(22,23)24)16-6-4-5-14(10-16)17-9-13(2)7-8-15(17)12-27/h4-6,10,13,25,27H,3,7-9,11-12H2,1-2H3. The van der Waals surface area contributed by atoms with Crippen LogP contribution in [0.1, 0.15) is 38.7 Å². The minimum Gasteiger partial charge on any atom is -0.463 e. The molecule has 1 aromatic carbocycles. The molecule has 29 heavy (non-hydrogen) atoms. The molecule has 1 aliphatic carbocycles. The molecule has 0 radical (unpaired) electrons. The third kappa shape index (κ3) is 4.48. The number of aliphatic hydroxyl groups is 1. The molecule has 0 saturated heterocycles. The number of ether oxygens (including phenoxy) is 1. The van der Waals surface area contributed by atoms with Gasteiger partial charge in [0.05, 0.1) is 24.5 Å². The highest BCUT2D eigenvalue weighted by molar-refractivity contribution is 5.92. The number of rotatable bonds is 5. The second-order valence-corrected chi connectivity index (χ2v) is 7.35. The van der Waals surface area contributed by atoms with E-state index in [1.807, 2.05) is 6.07 Å². The van der Waals surface area contributed by atoms with Gasteiger partial charge in [0.2, 0.25) is 0 Å². The van der Waals surface area contributed by atoms with Crippen LogP contribution in [0.4, 0.5) is 18.9 Å². The van der Waals surface area contributed by atoms with Crippen LogP contribution in [-0.2, 0) is 9.53 Å². The van der Waals surface area contributed by atoms with Crippen molar-refractivity contribution in [1.29, 1.82) is 0 Å². The fourth-order valence-corrected chi connectivity index (χ4v) is 3.86. The summed E-state index contributed by atoms with van der Waals surface area (Å²) in [5.74, 6) is -0.535. The van der Waals surface area contributed by atoms with E-state index < -0.39 is 23.4 Å². The van der Waals surface area contributed by atoms with Crippen LogP contribution >= 0.6 is 0 Å². The molecular formula is C21H25F3N2O3. The molecule has 1 aromatic rings. The van der Waals surface area contributed by atoms with Crippen LogP contribution in [0.25, 0.3) is 5.57 Å². The third-order valence-electron chi connectivity index (χ3n) is 5.28. The number of aliphatic hydroxyl groups excluding tert-OH is 1. The van der Waals surface area contributed by atoms with Crippen molar-refractivity contribution >= 4 is 17.2 Å². The first-order valence-corrected chi connectivity index (χ1v) is 9.69. The Kier molecular flexibility index (Phi) is 6.33. The molecule has 1 heterocycles. The number of hydrogen-bond donors (Lipinski definition) is 2. The van der Waals surface area contributed by atoms with Gasteiger partial charge in [0, 0.05) is 6.54 Å². The summed E-state index contributed by atoms with van der Waals surface area (Å²) in [5, 5.41) is 10.6. The van der Waals surface area contributed by atoms with Gasteiger partial charge in [-0.15, -0.1) is 0 Å². The molecule has 0 fully saturated rings. The molecule has 2 aliphatic rings. The van der Waals surface area contributed by atoms with Gasteiger partial charge in [0.15, 0.2) is 5.70 Å². The van der Waals surface area contributed by atoms with E-state index in [-0.39, 0.29) is 25.4 Å². The monoisotopic (exact) mass is 410 g/mol. The maximum Gasteiger partial charge on any atom is 0.433 e. The van der Waals surface area contributed by atoms with Crippen LogP contribution < -0.4 is 10.4 Å².